The highest BCUT2D eigenvalue weighted by molar-refractivity contribution is 5.98. The lowest BCUT2D eigenvalue weighted by atomic mass is 10.1. The zero-order valence-corrected chi connectivity index (χ0v) is 18.1. The Labute approximate surface area is 181 Å². The van der Waals surface area contributed by atoms with Crippen LogP contribution in [0.2, 0.25) is 0 Å². The van der Waals surface area contributed by atoms with Crippen LogP contribution in [0.5, 0.6) is 0 Å². The number of hydrogen-bond donors (Lipinski definition) is 0. The topological polar surface area (TPSA) is 96.2 Å². The van der Waals surface area contributed by atoms with Crippen molar-refractivity contribution in [3.05, 3.63) is 64.5 Å². The number of hydrogen-bond acceptors (Lipinski definition) is 6. The number of aryl methyl sites for hydroxylation is 4. The van der Waals surface area contributed by atoms with Crippen LogP contribution in [-0.4, -0.2) is 35.0 Å². The number of fused-ring (bicyclic) bond motifs is 1. The summed E-state index contributed by atoms with van der Waals surface area (Å²) in [5.41, 5.74) is 5.89. The van der Waals surface area contributed by atoms with E-state index in [0.29, 0.717) is 22.3 Å². The number of nitriles is 1. The number of anilines is 1. The second-order valence-corrected chi connectivity index (χ2v) is 7.47. The molecule has 1 aromatic heterocycles. The van der Waals surface area contributed by atoms with E-state index in [1.807, 2.05) is 45.9 Å². The van der Waals surface area contributed by atoms with Crippen LogP contribution in [0.1, 0.15) is 39.3 Å². The van der Waals surface area contributed by atoms with Gasteiger partial charge in [0, 0.05) is 12.2 Å². The molecule has 0 N–H and O–H groups in total. The van der Waals surface area contributed by atoms with E-state index >= 15 is 0 Å². The largest absolute Gasteiger partial charge is 0.452 e. The Morgan fingerprint density at radius 1 is 0.968 bits per heavy atom. The van der Waals surface area contributed by atoms with Crippen molar-refractivity contribution in [3.63, 3.8) is 0 Å². The van der Waals surface area contributed by atoms with Gasteiger partial charge < -0.3 is 9.64 Å². The van der Waals surface area contributed by atoms with Gasteiger partial charge in [-0.05, 0) is 69.2 Å². The van der Waals surface area contributed by atoms with Crippen molar-refractivity contribution in [3.8, 4) is 6.07 Å². The lowest BCUT2D eigenvalue weighted by Crippen LogP contribution is -2.35. The highest BCUT2D eigenvalue weighted by Gasteiger charge is 2.19. The van der Waals surface area contributed by atoms with Crippen molar-refractivity contribution < 1.29 is 14.3 Å². The second-order valence-electron chi connectivity index (χ2n) is 7.47. The van der Waals surface area contributed by atoms with E-state index in [9.17, 15) is 9.59 Å². The smallest absolute Gasteiger partial charge is 0.338 e. The molecule has 0 atom stereocenters. The quantitative estimate of drug-likeness (QED) is 0.564. The zero-order valence-electron chi connectivity index (χ0n) is 18.1. The fraction of sp³-hybridized carbons (Fsp3) is 0.292. The van der Waals surface area contributed by atoms with Crippen LogP contribution in [0.25, 0.3) is 11.0 Å². The van der Waals surface area contributed by atoms with Gasteiger partial charge in [-0.15, -0.1) is 0 Å². The van der Waals surface area contributed by atoms with Gasteiger partial charge in [0.1, 0.15) is 0 Å². The number of nitrogens with zero attached hydrogens (tertiary/aromatic N) is 4. The summed E-state index contributed by atoms with van der Waals surface area (Å²) >= 11 is 0. The molecule has 0 fully saturated rings. The molecule has 7 heteroatoms. The van der Waals surface area contributed by atoms with Crippen molar-refractivity contribution in [2.75, 3.05) is 18.1 Å². The Balaban J connectivity index is 1.75. The molecule has 1 amide bonds. The first-order chi connectivity index (χ1) is 14.8. The summed E-state index contributed by atoms with van der Waals surface area (Å²) in [6, 6.07) is 12.7. The first-order valence-electron chi connectivity index (χ1n) is 9.96. The van der Waals surface area contributed by atoms with Crippen LogP contribution in [0, 0.1) is 39.0 Å². The van der Waals surface area contributed by atoms with Crippen LogP contribution >= 0.6 is 0 Å². The van der Waals surface area contributed by atoms with Gasteiger partial charge in [0.2, 0.25) is 0 Å². The summed E-state index contributed by atoms with van der Waals surface area (Å²) in [4.78, 5) is 35.7. The maximum absolute atomic E-state index is 12.8. The van der Waals surface area contributed by atoms with E-state index < -0.39 is 12.6 Å². The van der Waals surface area contributed by atoms with E-state index in [-0.39, 0.29) is 18.9 Å². The number of ether oxygens (including phenoxy) is 1. The van der Waals surface area contributed by atoms with Crippen molar-refractivity contribution in [2.45, 2.75) is 34.1 Å². The Kier molecular flexibility index (Phi) is 6.61. The molecule has 7 nitrogen and oxygen atoms in total. The summed E-state index contributed by atoms with van der Waals surface area (Å²) in [5, 5.41) is 8.96. The van der Waals surface area contributed by atoms with Crippen LogP contribution in [0.15, 0.2) is 36.4 Å². The van der Waals surface area contributed by atoms with E-state index in [4.69, 9.17) is 10.00 Å². The number of aromatic nitrogens is 2. The van der Waals surface area contributed by atoms with Crippen LogP contribution in [0.3, 0.4) is 0 Å². The van der Waals surface area contributed by atoms with Gasteiger partial charge in [-0.2, -0.15) is 5.26 Å². The summed E-state index contributed by atoms with van der Waals surface area (Å²) in [6.07, 6.45) is 0.175. The Hall–Kier alpha value is -3.79. The molecular weight excluding hydrogens is 392 g/mol. The molecule has 0 saturated carbocycles. The number of amides is 1. The van der Waals surface area contributed by atoms with Gasteiger partial charge in [0.25, 0.3) is 5.91 Å². The molecule has 0 bridgehead atoms. The fourth-order valence-corrected chi connectivity index (χ4v) is 3.31. The van der Waals surface area contributed by atoms with Gasteiger partial charge in [-0.3, -0.25) is 4.79 Å². The van der Waals surface area contributed by atoms with Crippen molar-refractivity contribution in [2.24, 2.45) is 0 Å². The van der Waals surface area contributed by atoms with E-state index in [2.05, 4.69) is 16.0 Å². The predicted octanol–water partition coefficient (Wildman–Crippen LogP) is 3.97. The highest BCUT2D eigenvalue weighted by Crippen LogP contribution is 2.20. The molecule has 0 aliphatic carbocycles. The first kappa shape index (κ1) is 21.9. The van der Waals surface area contributed by atoms with E-state index in [0.717, 1.165) is 22.5 Å². The van der Waals surface area contributed by atoms with Gasteiger partial charge in [-0.25, -0.2) is 14.8 Å². The summed E-state index contributed by atoms with van der Waals surface area (Å²) in [6.45, 7) is 7.41. The average Bonchev–Trinajstić information content (AvgIpc) is 2.72. The lowest BCUT2D eigenvalue weighted by Gasteiger charge is -2.22. The number of esters is 1. The number of benzene rings is 2. The lowest BCUT2D eigenvalue weighted by molar-refractivity contribution is -0.121. The molecule has 1 heterocycles. The number of carbonyl (C=O) groups is 2. The van der Waals surface area contributed by atoms with Gasteiger partial charge in [0.15, 0.2) is 6.61 Å². The minimum absolute atomic E-state index is 0.175. The molecule has 0 spiro atoms. The molecule has 0 aliphatic rings. The van der Waals surface area contributed by atoms with Gasteiger partial charge in [-0.1, -0.05) is 6.07 Å². The molecule has 158 valence electrons. The van der Waals surface area contributed by atoms with E-state index in [1.54, 1.807) is 18.2 Å². The minimum Gasteiger partial charge on any atom is -0.452 e. The Morgan fingerprint density at radius 3 is 2.26 bits per heavy atom. The van der Waals surface area contributed by atoms with Crippen LogP contribution < -0.4 is 4.90 Å². The Morgan fingerprint density at radius 2 is 1.61 bits per heavy atom. The normalized spacial score (nSPS) is 10.5. The molecule has 31 heavy (non-hydrogen) atoms. The second kappa shape index (κ2) is 9.35. The molecule has 2 aromatic carbocycles. The van der Waals surface area contributed by atoms with Crippen LogP contribution in [0.4, 0.5) is 5.69 Å². The van der Waals surface area contributed by atoms with Crippen molar-refractivity contribution in [1.29, 1.82) is 5.26 Å². The SMILES string of the molecule is Cc1cc(C)cc(N(CCC#N)C(=O)COC(=O)c2ccc3nc(C)c(C)nc3c2)c1. The standard InChI is InChI=1S/C24H24N4O3/c1-15-10-16(2)12-20(11-15)28(9-5-8-25)23(29)14-31-24(30)19-6-7-21-22(13-19)27-18(4)17(3)26-21/h6-7,10-13H,5,9,14H2,1-4H3. The summed E-state index contributed by atoms with van der Waals surface area (Å²) in [5.74, 6) is -1.00. The third-order valence-corrected chi connectivity index (χ3v) is 4.90. The maximum Gasteiger partial charge on any atom is 0.338 e. The molecule has 0 saturated heterocycles. The average molecular weight is 416 g/mol. The third kappa shape index (κ3) is 5.23. The zero-order chi connectivity index (χ0) is 22.5. The highest BCUT2D eigenvalue weighted by atomic mass is 16.5. The molecule has 0 aliphatic heterocycles. The molecule has 3 rings (SSSR count). The van der Waals surface area contributed by atoms with Crippen LogP contribution in [-0.2, 0) is 9.53 Å². The fourth-order valence-electron chi connectivity index (χ4n) is 3.31. The first-order valence-corrected chi connectivity index (χ1v) is 9.96. The van der Waals surface area contributed by atoms with Gasteiger partial charge in [0.05, 0.1) is 40.5 Å². The number of carbonyl (C=O) groups excluding carboxylic acids is 2. The maximum atomic E-state index is 12.8. The monoisotopic (exact) mass is 416 g/mol. The molecule has 3 aromatic rings. The van der Waals surface area contributed by atoms with Crippen molar-refractivity contribution >= 4 is 28.6 Å². The molecular formula is C24H24N4O3. The van der Waals surface area contributed by atoms with E-state index in [1.165, 1.54) is 4.90 Å². The number of rotatable bonds is 6. The van der Waals surface area contributed by atoms with Crippen molar-refractivity contribution in [1.82, 2.24) is 9.97 Å². The summed E-state index contributed by atoms with van der Waals surface area (Å²) < 4.78 is 5.27. The minimum atomic E-state index is -0.615. The summed E-state index contributed by atoms with van der Waals surface area (Å²) in [7, 11) is 0. The molecule has 0 unspecified atom stereocenters. The predicted molar refractivity (Wildman–Crippen MR) is 118 cm³/mol. The third-order valence-electron chi connectivity index (χ3n) is 4.90. The molecule has 0 radical (unpaired) electrons. The van der Waals surface area contributed by atoms with Gasteiger partial charge >= 0.3 is 5.97 Å². The Bertz CT molecular complexity index is 1180.